The molecule has 2 aliphatic rings. The van der Waals surface area contributed by atoms with Gasteiger partial charge < -0.3 is 9.47 Å². The lowest BCUT2D eigenvalue weighted by Gasteiger charge is -2.33. The zero-order chi connectivity index (χ0) is 22.1. The second-order valence-electron chi connectivity index (χ2n) is 10.3. The molecule has 0 heterocycles. The van der Waals surface area contributed by atoms with Crippen LogP contribution in [0.1, 0.15) is 115 Å². The van der Waals surface area contributed by atoms with E-state index in [1.807, 2.05) is 41.5 Å². The summed E-state index contributed by atoms with van der Waals surface area (Å²) in [5, 5.41) is 0. The molecule has 2 unspecified atom stereocenters. The molecule has 1 aromatic rings. The highest BCUT2D eigenvalue weighted by atomic mass is 16.5. The van der Waals surface area contributed by atoms with Gasteiger partial charge in [0.05, 0.1) is 10.8 Å². The molecule has 0 aromatic heterocycles. The minimum absolute atomic E-state index is 0.117. The van der Waals surface area contributed by atoms with Gasteiger partial charge in [0, 0.05) is 0 Å². The minimum Gasteiger partial charge on any atom is -0.457 e. The lowest BCUT2D eigenvalue weighted by Crippen LogP contribution is -2.30. The van der Waals surface area contributed by atoms with Crippen LogP contribution in [-0.4, -0.2) is 11.9 Å². The van der Waals surface area contributed by atoms with Crippen LogP contribution in [0, 0.1) is 10.8 Å². The third-order valence-corrected chi connectivity index (χ3v) is 7.29. The largest absolute Gasteiger partial charge is 0.457 e. The number of aryl methyl sites for hydroxylation is 2. The van der Waals surface area contributed by atoms with Gasteiger partial charge in [0.2, 0.25) is 0 Å². The fourth-order valence-electron chi connectivity index (χ4n) is 4.14. The topological polar surface area (TPSA) is 52.6 Å². The molecule has 0 spiro atoms. The van der Waals surface area contributed by atoms with Gasteiger partial charge in [-0.25, -0.2) is 0 Å². The monoisotopic (exact) mass is 414 g/mol. The number of rotatable bonds is 6. The molecule has 0 N–H and O–H groups in total. The van der Waals surface area contributed by atoms with E-state index < -0.39 is 10.8 Å². The summed E-state index contributed by atoms with van der Waals surface area (Å²) in [5.74, 6) is -0.233. The third-order valence-electron chi connectivity index (χ3n) is 7.29. The van der Waals surface area contributed by atoms with Crippen LogP contribution in [0.2, 0.25) is 0 Å². The van der Waals surface area contributed by atoms with Crippen LogP contribution >= 0.6 is 0 Å². The van der Waals surface area contributed by atoms with Crippen molar-refractivity contribution in [3.63, 3.8) is 0 Å². The lowest BCUT2D eigenvalue weighted by molar-refractivity contribution is -0.162. The molecule has 30 heavy (non-hydrogen) atoms. The molecule has 2 atom stereocenters. The smallest absolute Gasteiger partial charge is 0.312 e. The van der Waals surface area contributed by atoms with Gasteiger partial charge in [0.15, 0.2) is 0 Å². The van der Waals surface area contributed by atoms with Crippen LogP contribution in [0.15, 0.2) is 12.1 Å². The molecule has 1 aromatic carbocycles. The zero-order valence-corrected chi connectivity index (χ0v) is 19.6. The highest BCUT2D eigenvalue weighted by molar-refractivity contribution is 5.76. The van der Waals surface area contributed by atoms with Gasteiger partial charge >= 0.3 is 11.9 Å². The number of ether oxygens (including phenoxy) is 2. The summed E-state index contributed by atoms with van der Waals surface area (Å²) < 4.78 is 12.0. The predicted octanol–water partition coefficient (Wildman–Crippen LogP) is 6.40. The van der Waals surface area contributed by atoms with Crippen molar-refractivity contribution in [2.75, 3.05) is 0 Å². The molecule has 0 bridgehead atoms. The standard InChI is InChI=1S/C26H38O4/c1-7-25(3,4)23(27)29-21-13-9-11-17-16-20-18(15-19(17)21)12-10-14-22(20)30-24(28)26(5,6)8-2/h15-16,21-22H,7-14H2,1-6H3. The summed E-state index contributed by atoms with van der Waals surface area (Å²) in [6, 6.07) is 4.46. The summed E-state index contributed by atoms with van der Waals surface area (Å²) in [6.45, 7) is 11.8. The molecule has 0 amide bonds. The van der Waals surface area contributed by atoms with Crippen LogP contribution in [0.5, 0.6) is 0 Å². The number of esters is 2. The summed E-state index contributed by atoms with van der Waals surface area (Å²) in [5.41, 5.74) is 3.87. The van der Waals surface area contributed by atoms with Crippen molar-refractivity contribution in [2.45, 2.75) is 105 Å². The quantitative estimate of drug-likeness (QED) is 0.505. The summed E-state index contributed by atoms with van der Waals surface area (Å²) in [6.07, 6.45) is 6.91. The van der Waals surface area contributed by atoms with E-state index in [2.05, 4.69) is 12.1 Å². The van der Waals surface area contributed by atoms with Crippen molar-refractivity contribution in [1.29, 1.82) is 0 Å². The summed E-state index contributed by atoms with van der Waals surface area (Å²) >= 11 is 0. The van der Waals surface area contributed by atoms with E-state index in [-0.39, 0.29) is 24.1 Å². The van der Waals surface area contributed by atoms with E-state index in [1.165, 1.54) is 11.1 Å². The molecule has 4 heteroatoms. The fourth-order valence-corrected chi connectivity index (χ4v) is 4.14. The Bertz CT molecular complexity index is 738. The van der Waals surface area contributed by atoms with Crippen molar-refractivity contribution < 1.29 is 19.1 Å². The van der Waals surface area contributed by atoms with Gasteiger partial charge in [-0.2, -0.15) is 0 Å². The van der Waals surface area contributed by atoms with Crippen molar-refractivity contribution >= 4 is 11.9 Å². The molecule has 2 aliphatic carbocycles. The Balaban J connectivity index is 1.86. The average Bonchev–Trinajstić information content (AvgIpc) is 2.72. The number of carbonyl (C=O) groups excluding carboxylic acids is 2. The lowest BCUT2D eigenvalue weighted by atomic mass is 9.80. The average molecular weight is 415 g/mol. The van der Waals surface area contributed by atoms with Crippen molar-refractivity contribution in [3.8, 4) is 0 Å². The van der Waals surface area contributed by atoms with Gasteiger partial charge in [-0.15, -0.1) is 0 Å². The number of benzene rings is 1. The van der Waals surface area contributed by atoms with Gasteiger partial charge in [0.25, 0.3) is 0 Å². The molecule has 166 valence electrons. The fraction of sp³-hybridized carbons (Fsp3) is 0.692. The van der Waals surface area contributed by atoms with Crippen LogP contribution in [0.3, 0.4) is 0 Å². The first-order chi connectivity index (χ1) is 14.1. The number of fused-ring (bicyclic) bond motifs is 2. The van der Waals surface area contributed by atoms with Crippen molar-refractivity contribution in [2.24, 2.45) is 10.8 Å². The van der Waals surface area contributed by atoms with Crippen molar-refractivity contribution in [1.82, 2.24) is 0 Å². The maximum Gasteiger partial charge on any atom is 0.312 e. The van der Waals surface area contributed by atoms with Gasteiger partial charge in [-0.3, -0.25) is 9.59 Å². The second-order valence-corrected chi connectivity index (χ2v) is 10.3. The van der Waals surface area contributed by atoms with Gasteiger partial charge in [-0.05, 0) is 101 Å². The Hall–Kier alpha value is -1.84. The molecule has 4 nitrogen and oxygen atoms in total. The van der Waals surface area contributed by atoms with E-state index in [0.29, 0.717) is 0 Å². The van der Waals surface area contributed by atoms with Gasteiger partial charge in [-0.1, -0.05) is 26.0 Å². The van der Waals surface area contributed by atoms with E-state index in [9.17, 15) is 9.59 Å². The maximum absolute atomic E-state index is 12.7. The number of carbonyl (C=O) groups is 2. The molecule has 0 saturated carbocycles. The number of hydrogen-bond acceptors (Lipinski definition) is 4. The van der Waals surface area contributed by atoms with E-state index in [4.69, 9.17) is 9.47 Å². The van der Waals surface area contributed by atoms with Crippen LogP contribution < -0.4 is 0 Å². The first-order valence-electron chi connectivity index (χ1n) is 11.7. The Morgan fingerprint density at radius 3 is 1.50 bits per heavy atom. The van der Waals surface area contributed by atoms with Gasteiger partial charge in [0.1, 0.15) is 12.2 Å². The molecule has 0 fully saturated rings. The SMILES string of the molecule is CCC(C)(C)C(=O)OC1CCCc2cc3c(cc21)CCCC3OC(=O)C(C)(C)CC. The Labute approximate surface area is 181 Å². The Morgan fingerprint density at radius 1 is 0.800 bits per heavy atom. The second kappa shape index (κ2) is 8.72. The number of hydrogen-bond donors (Lipinski definition) is 0. The molecule has 0 radical (unpaired) electrons. The summed E-state index contributed by atoms with van der Waals surface area (Å²) in [4.78, 5) is 25.4. The van der Waals surface area contributed by atoms with Crippen molar-refractivity contribution in [3.05, 3.63) is 34.4 Å². The Kier molecular flexibility index (Phi) is 6.64. The molecule has 0 aliphatic heterocycles. The van der Waals surface area contributed by atoms with E-state index in [0.717, 1.165) is 62.5 Å². The molecular formula is C26H38O4. The van der Waals surface area contributed by atoms with E-state index >= 15 is 0 Å². The third kappa shape index (κ3) is 4.58. The first-order valence-corrected chi connectivity index (χ1v) is 11.7. The van der Waals surface area contributed by atoms with Crippen LogP contribution in [-0.2, 0) is 31.9 Å². The maximum atomic E-state index is 12.7. The molecular weight excluding hydrogens is 376 g/mol. The highest BCUT2D eigenvalue weighted by Crippen LogP contribution is 2.41. The van der Waals surface area contributed by atoms with Crippen LogP contribution in [0.25, 0.3) is 0 Å². The predicted molar refractivity (Wildman–Crippen MR) is 118 cm³/mol. The summed E-state index contributed by atoms with van der Waals surface area (Å²) in [7, 11) is 0. The molecule has 3 rings (SSSR count). The molecule has 0 saturated heterocycles. The normalized spacial score (nSPS) is 21.4. The minimum atomic E-state index is -0.461. The van der Waals surface area contributed by atoms with Crippen LogP contribution in [0.4, 0.5) is 0 Å². The highest BCUT2D eigenvalue weighted by Gasteiger charge is 2.35. The van der Waals surface area contributed by atoms with E-state index in [1.54, 1.807) is 0 Å². The first kappa shape index (κ1) is 22.8. The Morgan fingerprint density at radius 2 is 1.17 bits per heavy atom. The zero-order valence-electron chi connectivity index (χ0n) is 19.6.